The number of fused-ring (bicyclic) bond motifs is 1. The molecular formula is C34H36N2O3. The van der Waals surface area contributed by atoms with Crippen molar-refractivity contribution < 1.29 is 14.0 Å². The van der Waals surface area contributed by atoms with E-state index in [4.69, 9.17) is 4.42 Å². The van der Waals surface area contributed by atoms with Gasteiger partial charge in [-0.2, -0.15) is 0 Å². The van der Waals surface area contributed by atoms with E-state index in [0.717, 1.165) is 12.2 Å². The van der Waals surface area contributed by atoms with E-state index in [0.29, 0.717) is 23.4 Å². The summed E-state index contributed by atoms with van der Waals surface area (Å²) in [4.78, 5) is 26.0. The molecule has 2 N–H and O–H groups in total. The quantitative estimate of drug-likeness (QED) is 0.270. The minimum absolute atomic E-state index is 0.127. The molecule has 0 bridgehead atoms. The number of hydrogen-bond donors (Lipinski definition) is 2. The van der Waals surface area contributed by atoms with Crippen molar-refractivity contribution >= 4 is 23.2 Å². The highest BCUT2D eigenvalue weighted by molar-refractivity contribution is 6.11. The number of furan rings is 1. The molecule has 0 atom stereocenters. The van der Waals surface area contributed by atoms with Gasteiger partial charge in [0.2, 0.25) is 0 Å². The molecule has 2 amide bonds. The van der Waals surface area contributed by atoms with Crippen LogP contribution in [0.5, 0.6) is 0 Å². The van der Waals surface area contributed by atoms with Gasteiger partial charge in [0, 0.05) is 12.1 Å². The number of nitrogens with one attached hydrogen (secondary N) is 2. The van der Waals surface area contributed by atoms with Crippen molar-refractivity contribution in [2.75, 3.05) is 10.6 Å². The molecule has 0 unspecified atom stereocenters. The number of benzene rings is 3. The number of para-hydroxylation sites is 2. The normalized spacial score (nSPS) is 15.3. The van der Waals surface area contributed by atoms with Crippen LogP contribution in [-0.4, -0.2) is 11.8 Å². The average Bonchev–Trinajstić information content (AvgIpc) is 3.37. The summed E-state index contributed by atoms with van der Waals surface area (Å²) in [6.07, 6.45) is 2.95. The SMILES string of the molecule is Cc1cc2c(cc1Cc1ccc(C(=O)Nc3ccccc3C(=O)Nc3ccccc3)o1)C(C)(C)CCC2(C)C. The van der Waals surface area contributed by atoms with Gasteiger partial charge in [-0.05, 0) is 89.2 Å². The first kappa shape index (κ1) is 26.5. The molecule has 0 aliphatic heterocycles. The lowest BCUT2D eigenvalue weighted by Gasteiger charge is -2.42. The molecule has 0 fully saturated rings. The Morgan fingerprint density at radius 3 is 2.13 bits per heavy atom. The predicted octanol–water partition coefficient (Wildman–Crippen LogP) is 8.03. The number of rotatable bonds is 6. The summed E-state index contributed by atoms with van der Waals surface area (Å²) in [5.74, 6) is 0.240. The van der Waals surface area contributed by atoms with Crippen LogP contribution in [0.2, 0.25) is 0 Å². The van der Waals surface area contributed by atoms with Gasteiger partial charge in [-0.3, -0.25) is 9.59 Å². The van der Waals surface area contributed by atoms with Gasteiger partial charge in [0.25, 0.3) is 11.8 Å². The van der Waals surface area contributed by atoms with Crippen molar-refractivity contribution in [3.63, 3.8) is 0 Å². The number of carbonyl (C=O) groups is 2. The van der Waals surface area contributed by atoms with Crippen LogP contribution in [0.3, 0.4) is 0 Å². The molecule has 5 nitrogen and oxygen atoms in total. The standard InChI is InChI=1S/C34H36N2O3/c1-22-19-27-28(34(4,5)18-17-33(27,2)3)21-23(22)20-25-15-16-30(39-25)32(38)36-29-14-10-9-13-26(29)31(37)35-24-11-7-6-8-12-24/h6-16,19,21H,17-18,20H2,1-5H3,(H,35,37)(H,36,38). The Morgan fingerprint density at radius 1 is 0.769 bits per heavy atom. The van der Waals surface area contributed by atoms with Crippen LogP contribution in [0.1, 0.15) is 89.5 Å². The third-order valence-electron chi connectivity index (χ3n) is 8.01. The van der Waals surface area contributed by atoms with Crippen molar-refractivity contribution in [3.05, 3.63) is 118 Å². The lowest BCUT2D eigenvalue weighted by atomic mass is 9.62. The number of carbonyl (C=O) groups excluding carboxylic acids is 2. The summed E-state index contributed by atoms with van der Waals surface area (Å²) in [7, 11) is 0. The van der Waals surface area contributed by atoms with Gasteiger partial charge in [-0.1, -0.05) is 70.2 Å². The topological polar surface area (TPSA) is 71.3 Å². The zero-order valence-corrected chi connectivity index (χ0v) is 23.4. The maximum atomic E-state index is 13.1. The number of hydrogen-bond acceptors (Lipinski definition) is 3. The fourth-order valence-electron chi connectivity index (χ4n) is 5.43. The van der Waals surface area contributed by atoms with Crippen LogP contribution in [-0.2, 0) is 17.3 Å². The van der Waals surface area contributed by atoms with Crippen molar-refractivity contribution in [2.24, 2.45) is 0 Å². The van der Waals surface area contributed by atoms with Gasteiger partial charge < -0.3 is 15.1 Å². The largest absolute Gasteiger partial charge is 0.456 e. The molecule has 1 aliphatic carbocycles. The number of amides is 2. The second-order valence-electron chi connectivity index (χ2n) is 11.9. The van der Waals surface area contributed by atoms with Gasteiger partial charge in [-0.15, -0.1) is 0 Å². The molecule has 4 aromatic rings. The molecule has 39 heavy (non-hydrogen) atoms. The van der Waals surface area contributed by atoms with Crippen molar-refractivity contribution in [1.82, 2.24) is 0 Å². The van der Waals surface area contributed by atoms with E-state index in [1.807, 2.05) is 36.4 Å². The molecular weight excluding hydrogens is 484 g/mol. The Labute approximate surface area is 230 Å². The Kier molecular flexibility index (Phi) is 6.94. The Morgan fingerprint density at radius 2 is 1.41 bits per heavy atom. The second kappa shape index (κ2) is 10.2. The zero-order chi connectivity index (χ0) is 27.8. The molecule has 1 aromatic heterocycles. The maximum absolute atomic E-state index is 13.1. The van der Waals surface area contributed by atoms with Crippen LogP contribution in [0, 0.1) is 6.92 Å². The van der Waals surface area contributed by atoms with Gasteiger partial charge in [-0.25, -0.2) is 0 Å². The average molecular weight is 521 g/mol. The van der Waals surface area contributed by atoms with Gasteiger partial charge in [0.15, 0.2) is 5.76 Å². The zero-order valence-electron chi connectivity index (χ0n) is 23.4. The highest BCUT2D eigenvalue weighted by atomic mass is 16.3. The second-order valence-corrected chi connectivity index (χ2v) is 11.9. The van der Waals surface area contributed by atoms with Crippen molar-refractivity contribution in [2.45, 2.75) is 64.7 Å². The molecule has 0 radical (unpaired) electrons. The summed E-state index contributed by atoms with van der Waals surface area (Å²) in [5, 5.41) is 5.72. The molecule has 5 heteroatoms. The van der Waals surface area contributed by atoms with Gasteiger partial charge in [0.1, 0.15) is 5.76 Å². The van der Waals surface area contributed by atoms with Gasteiger partial charge in [0.05, 0.1) is 11.3 Å². The van der Waals surface area contributed by atoms with Crippen molar-refractivity contribution in [3.8, 4) is 0 Å². The lowest BCUT2D eigenvalue weighted by Crippen LogP contribution is -2.34. The van der Waals surface area contributed by atoms with E-state index >= 15 is 0 Å². The fourth-order valence-corrected chi connectivity index (χ4v) is 5.43. The lowest BCUT2D eigenvalue weighted by molar-refractivity contribution is 0.0995. The van der Waals surface area contributed by atoms with E-state index in [1.165, 1.54) is 28.7 Å². The van der Waals surface area contributed by atoms with Crippen molar-refractivity contribution in [1.29, 1.82) is 0 Å². The first-order valence-corrected chi connectivity index (χ1v) is 13.5. The molecule has 3 aromatic carbocycles. The van der Waals surface area contributed by atoms with E-state index in [-0.39, 0.29) is 22.5 Å². The predicted molar refractivity (Wildman–Crippen MR) is 157 cm³/mol. The number of aryl methyl sites for hydroxylation is 1. The summed E-state index contributed by atoms with van der Waals surface area (Å²) in [6.45, 7) is 11.5. The highest BCUT2D eigenvalue weighted by Crippen LogP contribution is 2.46. The molecule has 1 heterocycles. The van der Waals surface area contributed by atoms with E-state index in [1.54, 1.807) is 30.3 Å². The summed E-state index contributed by atoms with van der Waals surface area (Å²) >= 11 is 0. The van der Waals surface area contributed by atoms with E-state index in [2.05, 4.69) is 57.4 Å². The molecule has 1 aliphatic rings. The molecule has 200 valence electrons. The molecule has 0 spiro atoms. The third kappa shape index (κ3) is 5.53. The summed E-state index contributed by atoms with van der Waals surface area (Å²) < 4.78 is 6.00. The summed E-state index contributed by atoms with van der Waals surface area (Å²) in [6, 6.07) is 24.4. The Hall–Kier alpha value is -4.12. The van der Waals surface area contributed by atoms with Crippen LogP contribution < -0.4 is 10.6 Å². The van der Waals surface area contributed by atoms with Crippen LogP contribution in [0.25, 0.3) is 0 Å². The minimum Gasteiger partial charge on any atom is -0.456 e. The molecule has 5 rings (SSSR count). The molecule has 0 saturated carbocycles. The molecule has 0 saturated heterocycles. The van der Waals surface area contributed by atoms with Crippen LogP contribution in [0.4, 0.5) is 11.4 Å². The Balaban J connectivity index is 1.33. The first-order chi connectivity index (χ1) is 18.5. The Bertz CT molecular complexity index is 1530. The van der Waals surface area contributed by atoms with Gasteiger partial charge >= 0.3 is 0 Å². The number of anilines is 2. The smallest absolute Gasteiger partial charge is 0.291 e. The summed E-state index contributed by atoms with van der Waals surface area (Å²) in [5.41, 5.74) is 7.07. The third-order valence-corrected chi connectivity index (χ3v) is 8.01. The fraction of sp³-hybridized carbons (Fsp3) is 0.294. The first-order valence-electron chi connectivity index (χ1n) is 13.5. The monoisotopic (exact) mass is 520 g/mol. The van der Waals surface area contributed by atoms with E-state index in [9.17, 15) is 9.59 Å². The maximum Gasteiger partial charge on any atom is 0.291 e. The minimum atomic E-state index is -0.397. The highest BCUT2D eigenvalue weighted by Gasteiger charge is 2.37. The van der Waals surface area contributed by atoms with E-state index < -0.39 is 5.91 Å². The van der Waals surface area contributed by atoms with Crippen LogP contribution >= 0.6 is 0 Å². The van der Waals surface area contributed by atoms with Crippen LogP contribution in [0.15, 0.2) is 83.3 Å².